The minimum Gasteiger partial charge on any atom is -0.466 e. The van der Waals surface area contributed by atoms with Crippen LogP contribution in [0.2, 0.25) is 0 Å². The largest absolute Gasteiger partial charge is 0.466 e. The van der Waals surface area contributed by atoms with Gasteiger partial charge in [-0.1, -0.05) is 17.7 Å². The monoisotopic (exact) mass is 284 g/mol. The summed E-state index contributed by atoms with van der Waals surface area (Å²) < 4.78 is 29.6. The first-order valence-corrected chi connectivity index (χ1v) is 7.80. The third kappa shape index (κ3) is 3.80. The molecule has 1 rings (SSSR count). The summed E-state index contributed by atoms with van der Waals surface area (Å²) in [4.78, 5) is 11.7. The van der Waals surface area contributed by atoms with Gasteiger partial charge in [-0.15, -0.1) is 0 Å². The molecule has 0 fully saturated rings. The van der Waals surface area contributed by atoms with Gasteiger partial charge in [0.05, 0.1) is 23.2 Å². The van der Waals surface area contributed by atoms with E-state index in [4.69, 9.17) is 4.74 Å². The standard InChI is InChI=1S/C14H20O4S/c1-5-18-14(15)9-12(4)19(16,17)13-7-6-10(2)8-11(13)3/h6-8,12H,5,9H2,1-4H3. The van der Waals surface area contributed by atoms with Crippen molar-refractivity contribution >= 4 is 15.8 Å². The molecule has 0 radical (unpaired) electrons. The zero-order valence-corrected chi connectivity index (χ0v) is 12.6. The number of aryl methyl sites for hydroxylation is 2. The highest BCUT2D eigenvalue weighted by atomic mass is 32.2. The smallest absolute Gasteiger partial charge is 0.307 e. The van der Waals surface area contributed by atoms with Crippen molar-refractivity contribution in [2.24, 2.45) is 0 Å². The van der Waals surface area contributed by atoms with Crippen molar-refractivity contribution in [1.82, 2.24) is 0 Å². The number of sulfone groups is 1. The molecular formula is C14H20O4S. The summed E-state index contributed by atoms with van der Waals surface area (Å²) in [7, 11) is -3.50. The molecule has 4 nitrogen and oxygen atoms in total. The second-order valence-corrected chi connectivity index (χ2v) is 6.97. The van der Waals surface area contributed by atoms with Gasteiger partial charge < -0.3 is 4.74 Å². The topological polar surface area (TPSA) is 60.4 Å². The van der Waals surface area contributed by atoms with Crippen molar-refractivity contribution in [2.45, 2.75) is 44.3 Å². The van der Waals surface area contributed by atoms with E-state index in [9.17, 15) is 13.2 Å². The Kier molecular flexibility index (Phi) is 5.11. The van der Waals surface area contributed by atoms with Crippen molar-refractivity contribution in [3.8, 4) is 0 Å². The molecule has 1 aromatic rings. The van der Waals surface area contributed by atoms with Crippen LogP contribution in [0, 0.1) is 13.8 Å². The van der Waals surface area contributed by atoms with E-state index in [1.807, 2.05) is 13.0 Å². The molecule has 0 saturated heterocycles. The maximum absolute atomic E-state index is 12.4. The number of hydrogen-bond donors (Lipinski definition) is 0. The van der Waals surface area contributed by atoms with Gasteiger partial charge in [-0.2, -0.15) is 0 Å². The highest BCUT2D eigenvalue weighted by Crippen LogP contribution is 2.23. The quantitative estimate of drug-likeness (QED) is 0.779. The SMILES string of the molecule is CCOC(=O)CC(C)S(=O)(=O)c1ccc(C)cc1C. The van der Waals surface area contributed by atoms with Crippen LogP contribution in [0.4, 0.5) is 0 Å². The molecule has 0 aliphatic carbocycles. The lowest BCUT2D eigenvalue weighted by Gasteiger charge is -2.14. The van der Waals surface area contributed by atoms with E-state index >= 15 is 0 Å². The summed E-state index contributed by atoms with van der Waals surface area (Å²) in [6.45, 7) is 7.16. The Bertz CT molecular complexity index is 561. The fourth-order valence-corrected chi connectivity index (χ4v) is 3.45. The molecule has 0 aliphatic rings. The van der Waals surface area contributed by atoms with Gasteiger partial charge in [0, 0.05) is 0 Å². The number of rotatable bonds is 5. The van der Waals surface area contributed by atoms with Gasteiger partial charge >= 0.3 is 5.97 Å². The average Bonchev–Trinajstić information content (AvgIpc) is 2.28. The van der Waals surface area contributed by atoms with Crippen molar-refractivity contribution in [2.75, 3.05) is 6.61 Å². The number of esters is 1. The summed E-state index contributed by atoms with van der Waals surface area (Å²) in [5, 5.41) is -0.784. The summed E-state index contributed by atoms with van der Waals surface area (Å²) in [5.41, 5.74) is 1.71. The van der Waals surface area contributed by atoms with Crippen LogP contribution in [0.15, 0.2) is 23.1 Å². The van der Waals surface area contributed by atoms with Crippen LogP contribution in [0.3, 0.4) is 0 Å². The van der Waals surface area contributed by atoms with Gasteiger partial charge in [-0.05, 0) is 39.3 Å². The Hall–Kier alpha value is -1.36. The first-order chi connectivity index (χ1) is 8.78. The Morgan fingerprint density at radius 3 is 2.47 bits per heavy atom. The van der Waals surface area contributed by atoms with E-state index in [-0.39, 0.29) is 17.9 Å². The molecule has 0 amide bonds. The summed E-state index contributed by atoms with van der Waals surface area (Å²) in [6, 6.07) is 5.18. The van der Waals surface area contributed by atoms with Gasteiger partial charge in [0.1, 0.15) is 0 Å². The number of ether oxygens (including phenoxy) is 1. The molecule has 106 valence electrons. The van der Waals surface area contributed by atoms with Crippen LogP contribution >= 0.6 is 0 Å². The molecule has 0 N–H and O–H groups in total. The third-order valence-corrected chi connectivity index (χ3v) is 5.22. The van der Waals surface area contributed by atoms with Gasteiger partial charge in [-0.3, -0.25) is 4.79 Å². The van der Waals surface area contributed by atoms with E-state index in [2.05, 4.69) is 0 Å². The van der Waals surface area contributed by atoms with Crippen LogP contribution in [0.5, 0.6) is 0 Å². The molecule has 0 spiro atoms. The van der Waals surface area contributed by atoms with Crippen LogP contribution in [0.1, 0.15) is 31.4 Å². The lowest BCUT2D eigenvalue weighted by Crippen LogP contribution is -2.23. The Balaban J connectivity index is 3.00. The van der Waals surface area contributed by atoms with Crippen molar-refractivity contribution in [3.05, 3.63) is 29.3 Å². The second kappa shape index (κ2) is 6.19. The number of carbonyl (C=O) groups is 1. The lowest BCUT2D eigenvalue weighted by molar-refractivity contribution is -0.143. The van der Waals surface area contributed by atoms with Crippen molar-refractivity contribution in [1.29, 1.82) is 0 Å². The van der Waals surface area contributed by atoms with Crippen molar-refractivity contribution < 1.29 is 17.9 Å². The minimum absolute atomic E-state index is 0.122. The van der Waals surface area contributed by atoms with E-state index in [1.165, 1.54) is 6.92 Å². The lowest BCUT2D eigenvalue weighted by atomic mass is 10.2. The van der Waals surface area contributed by atoms with E-state index in [1.54, 1.807) is 26.0 Å². The fourth-order valence-electron chi connectivity index (χ4n) is 1.90. The molecule has 1 aromatic carbocycles. The maximum atomic E-state index is 12.4. The predicted octanol–water partition coefficient (Wildman–Crippen LogP) is 2.42. The minimum atomic E-state index is -3.50. The van der Waals surface area contributed by atoms with E-state index < -0.39 is 21.1 Å². The van der Waals surface area contributed by atoms with E-state index in [0.717, 1.165) is 5.56 Å². The summed E-state index contributed by atoms with van der Waals surface area (Å²) >= 11 is 0. The third-order valence-electron chi connectivity index (χ3n) is 2.93. The molecule has 0 saturated carbocycles. The van der Waals surface area contributed by atoms with Crippen LogP contribution in [-0.2, 0) is 19.4 Å². The van der Waals surface area contributed by atoms with Crippen LogP contribution in [-0.4, -0.2) is 26.2 Å². The first kappa shape index (κ1) is 15.7. The van der Waals surface area contributed by atoms with E-state index in [0.29, 0.717) is 5.56 Å². The highest BCUT2D eigenvalue weighted by Gasteiger charge is 2.27. The van der Waals surface area contributed by atoms with Gasteiger partial charge in [0.2, 0.25) is 0 Å². The highest BCUT2D eigenvalue weighted by molar-refractivity contribution is 7.92. The maximum Gasteiger partial charge on any atom is 0.307 e. The Morgan fingerprint density at radius 1 is 1.32 bits per heavy atom. The zero-order chi connectivity index (χ0) is 14.6. The predicted molar refractivity (Wildman–Crippen MR) is 73.8 cm³/mol. The second-order valence-electron chi connectivity index (χ2n) is 4.63. The molecule has 0 aliphatic heterocycles. The number of hydrogen-bond acceptors (Lipinski definition) is 4. The van der Waals surface area contributed by atoms with Crippen LogP contribution in [0.25, 0.3) is 0 Å². The van der Waals surface area contributed by atoms with Gasteiger partial charge in [-0.25, -0.2) is 8.42 Å². The first-order valence-electron chi connectivity index (χ1n) is 6.25. The number of carbonyl (C=O) groups excluding carboxylic acids is 1. The molecule has 19 heavy (non-hydrogen) atoms. The molecule has 5 heteroatoms. The molecule has 1 unspecified atom stereocenters. The fraction of sp³-hybridized carbons (Fsp3) is 0.500. The summed E-state index contributed by atoms with van der Waals surface area (Å²) in [5.74, 6) is -0.483. The molecule has 0 aromatic heterocycles. The average molecular weight is 284 g/mol. The number of benzene rings is 1. The molecule has 1 atom stereocenters. The summed E-state index contributed by atoms with van der Waals surface area (Å²) in [6.07, 6.45) is -0.122. The molecule has 0 heterocycles. The zero-order valence-electron chi connectivity index (χ0n) is 11.8. The van der Waals surface area contributed by atoms with Gasteiger partial charge in [0.25, 0.3) is 0 Å². The molecule has 0 bridgehead atoms. The molecular weight excluding hydrogens is 264 g/mol. The van der Waals surface area contributed by atoms with Crippen molar-refractivity contribution in [3.63, 3.8) is 0 Å². The van der Waals surface area contributed by atoms with Crippen LogP contribution < -0.4 is 0 Å². The Morgan fingerprint density at radius 2 is 1.95 bits per heavy atom. The normalized spacial score (nSPS) is 13.1. The van der Waals surface area contributed by atoms with Gasteiger partial charge in [0.15, 0.2) is 9.84 Å². The Labute approximate surface area is 114 Å².